The van der Waals surface area contributed by atoms with Crippen molar-refractivity contribution in [2.45, 2.75) is 58.2 Å². The van der Waals surface area contributed by atoms with Gasteiger partial charge in [-0.2, -0.15) is 0 Å². The summed E-state index contributed by atoms with van der Waals surface area (Å²) in [5, 5.41) is 13.4. The summed E-state index contributed by atoms with van der Waals surface area (Å²) in [6, 6.07) is 16.9. The van der Waals surface area contributed by atoms with E-state index in [9.17, 15) is 4.79 Å². The topological polar surface area (TPSA) is 61.8 Å². The largest absolute Gasteiger partial charge is 0.493 e. The van der Waals surface area contributed by atoms with E-state index in [2.05, 4.69) is 36.2 Å². The van der Waals surface area contributed by atoms with E-state index in [4.69, 9.17) is 21.4 Å². The minimum atomic E-state index is -0.786. The number of benzene rings is 2. The van der Waals surface area contributed by atoms with Crippen LogP contribution in [-0.4, -0.2) is 47.8 Å². The summed E-state index contributed by atoms with van der Waals surface area (Å²) in [7, 11) is 0. The number of aryl methyl sites for hydroxylation is 1. The Kier molecular flexibility index (Phi) is 9.39. The van der Waals surface area contributed by atoms with Crippen LogP contribution in [0.5, 0.6) is 5.75 Å². The fourth-order valence-corrected chi connectivity index (χ4v) is 4.52. The number of carboxylic acids is 1. The molecule has 1 aliphatic heterocycles. The molecule has 1 fully saturated rings. The van der Waals surface area contributed by atoms with Gasteiger partial charge >= 0.3 is 5.97 Å². The van der Waals surface area contributed by atoms with Crippen LogP contribution in [0.1, 0.15) is 44.2 Å². The number of rotatable bonds is 11. The minimum Gasteiger partial charge on any atom is -0.493 e. The summed E-state index contributed by atoms with van der Waals surface area (Å²) < 4.78 is 5.95. The molecule has 0 aliphatic carbocycles. The average molecular weight is 459 g/mol. The lowest BCUT2D eigenvalue weighted by molar-refractivity contribution is -0.136. The normalized spacial score (nSPS) is 21.4. The molecule has 5 nitrogen and oxygen atoms in total. The van der Waals surface area contributed by atoms with Gasteiger partial charge in [0.25, 0.3) is 0 Å². The highest BCUT2D eigenvalue weighted by atomic mass is 35.5. The Morgan fingerprint density at radius 1 is 1.19 bits per heavy atom. The van der Waals surface area contributed by atoms with Gasteiger partial charge in [0.2, 0.25) is 0 Å². The predicted octanol–water partition coefficient (Wildman–Crippen LogP) is 5.01. The molecule has 0 bridgehead atoms. The Bertz CT molecular complexity index is 858. The van der Waals surface area contributed by atoms with Crippen molar-refractivity contribution in [2.24, 2.45) is 5.92 Å². The molecular formula is C26H35ClN2O3. The lowest BCUT2D eigenvalue weighted by Gasteiger charge is -2.42. The van der Waals surface area contributed by atoms with E-state index < -0.39 is 5.97 Å². The Morgan fingerprint density at radius 3 is 2.69 bits per heavy atom. The summed E-state index contributed by atoms with van der Waals surface area (Å²) >= 11 is 6.01. The van der Waals surface area contributed by atoms with Gasteiger partial charge < -0.3 is 15.2 Å². The number of aliphatic carboxylic acids is 1. The molecule has 0 amide bonds. The van der Waals surface area contributed by atoms with E-state index in [1.165, 1.54) is 5.56 Å². The van der Waals surface area contributed by atoms with Crippen LogP contribution in [0, 0.1) is 5.92 Å². The van der Waals surface area contributed by atoms with E-state index in [1.807, 2.05) is 36.4 Å². The first-order chi connectivity index (χ1) is 15.4. The third kappa shape index (κ3) is 7.51. The van der Waals surface area contributed by atoms with Crippen LogP contribution < -0.4 is 10.1 Å². The van der Waals surface area contributed by atoms with E-state index in [0.29, 0.717) is 31.0 Å². The van der Waals surface area contributed by atoms with Crippen LogP contribution in [0.3, 0.4) is 0 Å². The number of likely N-dealkylation sites (tertiary alicyclic amines) is 1. The van der Waals surface area contributed by atoms with Gasteiger partial charge in [-0.05, 0) is 68.0 Å². The van der Waals surface area contributed by atoms with Crippen LogP contribution in [0.25, 0.3) is 0 Å². The zero-order valence-corrected chi connectivity index (χ0v) is 19.9. The molecule has 0 unspecified atom stereocenters. The Balaban J connectivity index is 1.39. The molecule has 1 heterocycles. The van der Waals surface area contributed by atoms with Gasteiger partial charge in [-0.15, -0.1) is 0 Å². The highest BCUT2D eigenvalue weighted by molar-refractivity contribution is 6.30. The standard InChI is InChI=1S/C26H35ClN2O3/c1-19-17-29(18-21-8-11-23(27)12-9-21)20(2)16-24(19)28-14-5-15-32-25-7-4-3-6-22(25)10-13-26(30)31/h3-4,6-9,11-12,19-20,24,28H,5,10,13-18H2,1-2H3,(H,30,31)/t19-,20+,24-/m0/s1. The molecule has 3 rings (SSSR count). The van der Waals surface area contributed by atoms with Crippen LogP contribution >= 0.6 is 11.6 Å². The van der Waals surface area contributed by atoms with Crippen LogP contribution in [0.4, 0.5) is 0 Å². The fourth-order valence-electron chi connectivity index (χ4n) is 4.39. The molecule has 174 valence electrons. The van der Waals surface area contributed by atoms with Crippen LogP contribution in [0.2, 0.25) is 5.02 Å². The third-order valence-corrected chi connectivity index (χ3v) is 6.54. The maximum Gasteiger partial charge on any atom is 0.303 e. The Hall–Kier alpha value is -2.08. The monoisotopic (exact) mass is 458 g/mol. The van der Waals surface area contributed by atoms with E-state index in [0.717, 1.165) is 48.8 Å². The zero-order valence-electron chi connectivity index (χ0n) is 19.1. The van der Waals surface area contributed by atoms with Crippen molar-refractivity contribution >= 4 is 17.6 Å². The van der Waals surface area contributed by atoms with Crippen molar-refractivity contribution in [3.05, 3.63) is 64.7 Å². The van der Waals surface area contributed by atoms with Gasteiger partial charge in [-0.3, -0.25) is 9.69 Å². The van der Waals surface area contributed by atoms with Gasteiger partial charge in [0, 0.05) is 36.6 Å². The highest BCUT2D eigenvalue weighted by Gasteiger charge is 2.30. The summed E-state index contributed by atoms with van der Waals surface area (Å²) in [5.74, 6) is 0.592. The number of nitrogens with one attached hydrogen (secondary N) is 1. The number of nitrogens with zero attached hydrogens (tertiary/aromatic N) is 1. The summed E-state index contributed by atoms with van der Waals surface area (Å²) in [6.07, 6.45) is 2.66. The number of carboxylic acid groups (broad SMARTS) is 1. The molecule has 1 saturated heterocycles. The number of hydrogen-bond acceptors (Lipinski definition) is 4. The average Bonchev–Trinajstić information content (AvgIpc) is 2.77. The Labute approximate surface area is 196 Å². The van der Waals surface area contributed by atoms with E-state index in [1.54, 1.807) is 0 Å². The molecular weight excluding hydrogens is 424 g/mol. The number of carbonyl (C=O) groups is 1. The van der Waals surface area contributed by atoms with Crippen molar-refractivity contribution in [1.29, 1.82) is 0 Å². The third-order valence-electron chi connectivity index (χ3n) is 6.29. The van der Waals surface area contributed by atoms with Gasteiger partial charge in [0.15, 0.2) is 0 Å². The van der Waals surface area contributed by atoms with E-state index in [-0.39, 0.29) is 6.42 Å². The van der Waals surface area contributed by atoms with Gasteiger partial charge in [0.1, 0.15) is 5.75 Å². The molecule has 1 aliphatic rings. The number of halogens is 1. The molecule has 0 saturated carbocycles. The number of para-hydroxylation sites is 1. The summed E-state index contributed by atoms with van der Waals surface area (Å²) in [4.78, 5) is 13.4. The van der Waals surface area contributed by atoms with Crippen molar-refractivity contribution in [2.75, 3.05) is 19.7 Å². The molecule has 2 aromatic rings. The van der Waals surface area contributed by atoms with Gasteiger partial charge in [0.05, 0.1) is 6.61 Å². The zero-order chi connectivity index (χ0) is 22.9. The van der Waals surface area contributed by atoms with E-state index >= 15 is 0 Å². The first-order valence-corrected chi connectivity index (χ1v) is 11.9. The molecule has 2 N–H and O–H groups in total. The fraction of sp³-hybridized carbons (Fsp3) is 0.500. The number of hydrogen-bond donors (Lipinski definition) is 2. The molecule has 6 heteroatoms. The summed E-state index contributed by atoms with van der Waals surface area (Å²) in [6.45, 7) is 8.22. The quantitative estimate of drug-likeness (QED) is 0.463. The molecule has 0 radical (unpaired) electrons. The van der Waals surface area contributed by atoms with Gasteiger partial charge in [-0.25, -0.2) is 0 Å². The maximum atomic E-state index is 10.9. The predicted molar refractivity (Wildman–Crippen MR) is 129 cm³/mol. The molecule has 0 spiro atoms. The van der Waals surface area contributed by atoms with Crippen molar-refractivity contribution in [1.82, 2.24) is 10.2 Å². The Morgan fingerprint density at radius 2 is 1.94 bits per heavy atom. The smallest absolute Gasteiger partial charge is 0.303 e. The minimum absolute atomic E-state index is 0.120. The van der Waals surface area contributed by atoms with Crippen LogP contribution in [-0.2, 0) is 17.8 Å². The second kappa shape index (κ2) is 12.2. The maximum absolute atomic E-state index is 10.9. The molecule has 32 heavy (non-hydrogen) atoms. The second-order valence-electron chi connectivity index (χ2n) is 8.88. The van der Waals surface area contributed by atoms with Crippen LogP contribution in [0.15, 0.2) is 48.5 Å². The SMILES string of the molecule is C[C@@H]1C[C@H](NCCCOc2ccccc2CCC(=O)O)[C@@H](C)CN1Cc1ccc(Cl)cc1. The number of piperidine rings is 1. The highest BCUT2D eigenvalue weighted by Crippen LogP contribution is 2.25. The first kappa shape index (κ1) is 24.6. The first-order valence-electron chi connectivity index (χ1n) is 11.6. The van der Waals surface area contributed by atoms with Crippen molar-refractivity contribution < 1.29 is 14.6 Å². The summed E-state index contributed by atoms with van der Waals surface area (Å²) in [5.41, 5.74) is 2.26. The van der Waals surface area contributed by atoms with Gasteiger partial charge in [-0.1, -0.05) is 48.9 Å². The lowest BCUT2D eigenvalue weighted by Crippen LogP contribution is -2.52. The van der Waals surface area contributed by atoms with Crippen molar-refractivity contribution in [3.63, 3.8) is 0 Å². The van der Waals surface area contributed by atoms with Crippen molar-refractivity contribution in [3.8, 4) is 5.75 Å². The molecule has 3 atom stereocenters. The molecule has 0 aromatic heterocycles. The molecule has 2 aromatic carbocycles. The number of ether oxygens (including phenoxy) is 1. The lowest BCUT2D eigenvalue weighted by atomic mass is 9.89. The second-order valence-corrected chi connectivity index (χ2v) is 9.32.